The first-order chi connectivity index (χ1) is 11.2. The highest BCUT2D eigenvalue weighted by atomic mass is 32.2. The van der Waals surface area contributed by atoms with Crippen LogP contribution in [-0.4, -0.2) is 33.1 Å². The molecule has 1 atom stereocenters. The number of anilines is 1. The van der Waals surface area contributed by atoms with Gasteiger partial charge in [0.05, 0.1) is 18.0 Å². The Morgan fingerprint density at radius 1 is 1.33 bits per heavy atom. The maximum absolute atomic E-state index is 12.4. The van der Waals surface area contributed by atoms with E-state index in [-0.39, 0.29) is 11.3 Å². The Hall–Kier alpha value is -2.22. The Kier molecular flexibility index (Phi) is 5.38. The quantitative estimate of drug-likeness (QED) is 0.636. The summed E-state index contributed by atoms with van der Waals surface area (Å²) in [5, 5.41) is 11.2. The number of carbonyl (C=O) groups excluding carboxylic acids is 1. The summed E-state index contributed by atoms with van der Waals surface area (Å²) < 4.78 is 6.68. The van der Waals surface area contributed by atoms with Crippen LogP contribution in [0.25, 0.3) is 0 Å². The molecule has 0 saturated heterocycles. The second kappa shape index (κ2) is 7.12. The van der Waals surface area contributed by atoms with Gasteiger partial charge in [-0.25, -0.2) is 4.68 Å². The van der Waals surface area contributed by atoms with E-state index in [1.54, 1.807) is 26.2 Å². The molecule has 0 aliphatic carbocycles. The first-order valence-corrected chi connectivity index (χ1v) is 8.43. The molecule has 1 heterocycles. The fourth-order valence-electron chi connectivity index (χ4n) is 2.06. The molecule has 0 radical (unpaired) electrons. The van der Waals surface area contributed by atoms with Crippen LogP contribution in [-0.2, 0) is 10.2 Å². The summed E-state index contributed by atoms with van der Waals surface area (Å²) in [4.78, 5) is 12.4. The number of nitrogen functional groups attached to an aromatic ring is 1. The monoisotopic (exact) mass is 349 g/mol. The molecule has 2 aromatic rings. The summed E-state index contributed by atoms with van der Waals surface area (Å²) in [5.41, 5.74) is 0.408. The molecule has 0 aliphatic heterocycles. The summed E-state index contributed by atoms with van der Waals surface area (Å²) in [6, 6.07) is 7.26. The number of methoxy groups -OCH3 is 1. The summed E-state index contributed by atoms with van der Waals surface area (Å²) in [6.07, 6.45) is 0. The van der Waals surface area contributed by atoms with Crippen LogP contribution in [0.5, 0.6) is 5.75 Å². The fraction of sp³-hybridized carbons (Fsp3) is 0.438. The lowest BCUT2D eigenvalue weighted by Gasteiger charge is -2.17. The number of thioether (sulfide) groups is 1. The van der Waals surface area contributed by atoms with Gasteiger partial charge in [0.1, 0.15) is 5.75 Å². The largest absolute Gasteiger partial charge is 0.495 e. The standard InChI is InChI=1S/C16H23N5O2S/c1-10(13(22)18-11-8-6-7-9-12(11)23-5)24-15-20-19-14(21(15)17)16(2,3)4/h6-10H,17H2,1-5H3,(H,18,22)/t10-/m0/s1. The minimum atomic E-state index is -0.394. The number of benzene rings is 1. The van der Waals surface area contributed by atoms with Crippen molar-refractivity contribution in [1.29, 1.82) is 0 Å². The summed E-state index contributed by atoms with van der Waals surface area (Å²) in [6.45, 7) is 7.81. The maximum atomic E-state index is 12.4. The number of rotatable bonds is 5. The average Bonchev–Trinajstić information content (AvgIpc) is 2.88. The topological polar surface area (TPSA) is 95.1 Å². The second-order valence-electron chi connectivity index (χ2n) is 6.38. The van der Waals surface area contributed by atoms with E-state index in [0.717, 1.165) is 0 Å². The smallest absolute Gasteiger partial charge is 0.237 e. The zero-order valence-electron chi connectivity index (χ0n) is 14.5. The van der Waals surface area contributed by atoms with Crippen molar-refractivity contribution in [2.75, 3.05) is 18.3 Å². The third kappa shape index (κ3) is 4.00. The van der Waals surface area contributed by atoms with E-state index in [0.29, 0.717) is 22.4 Å². The number of amides is 1. The molecule has 0 saturated carbocycles. The van der Waals surface area contributed by atoms with Crippen molar-refractivity contribution in [3.05, 3.63) is 30.1 Å². The van der Waals surface area contributed by atoms with E-state index in [1.807, 2.05) is 32.9 Å². The van der Waals surface area contributed by atoms with E-state index in [2.05, 4.69) is 15.5 Å². The van der Waals surface area contributed by atoms with Gasteiger partial charge in [-0.15, -0.1) is 10.2 Å². The number of nitrogens with two attached hydrogens (primary N) is 1. The van der Waals surface area contributed by atoms with Gasteiger partial charge in [-0.05, 0) is 19.1 Å². The van der Waals surface area contributed by atoms with Crippen molar-refractivity contribution in [3.63, 3.8) is 0 Å². The van der Waals surface area contributed by atoms with Crippen molar-refractivity contribution >= 4 is 23.4 Å². The summed E-state index contributed by atoms with van der Waals surface area (Å²) >= 11 is 1.26. The molecule has 2 rings (SSSR count). The molecule has 1 aromatic carbocycles. The lowest BCUT2D eigenvalue weighted by atomic mass is 9.96. The normalized spacial score (nSPS) is 12.7. The Morgan fingerprint density at radius 2 is 2.00 bits per heavy atom. The predicted octanol–water partition coefficient (Wildman–Crippen LogP) is 2.42. The number of hydrogen-bond acceptors (Lipinski definition) is 6. The number of nitrogens with zero attached hydrogens (tertiary/aromatic N) is 3. The predicted molar refractivity (Wildman–Crippen MR) is 95.8 cm³/mol. The number of aromatic nitrogens is 3. The minimum absolute atomic E-state index is 0.162. The number of para-hydroxylation sites is 2. The van der Waals surface area contributed by atoms with E-state index >= 15 is 0 Å². The average molecular weight is 349 g/mol. The highest BCUT2D eigenvalue weighted by molar-refractivity contribution is 8.00. The van der Waals surface area contributed by atoms with Gasteiger partial charge in [0.25, 0.3) is 0 Å². The van der Waals surface area contributed by atoms with E-state index in [1.165, 1.54) is 16.4 Å². The van der Waals surface area contributed by atoms with Crippen LogP contribution in [0.3, 0.4) is 0 Å². The van der Waals surface area contributed by atoms with Gasteiger partial charge >= 0.3 is 0 Å². The van der Waals surface area contributed by atoms with Crippen molar-refractivity contribution in [1.82, 2.24) is 14.9 Å². The van der Waals surface area contributed by atoms with Gasteiger partial charge in [0, 0.05) is 5.41 Å². The van der Waals surface area contributed by atoms with Gasteiger partial charge < -0.3 is 15.9 Å². The van der Waals surface area contributed by atoms with E-state index < -0.39 is 5.25 Å². The van der Waals surface area contributed by atoms with Crippen LogP contribution in [0.1, 0.15) is 33.5 Å². The molecule has 0 bridgehead atoms. The molecule has 130 valence electrons. The zero-order chi connectivity index (χ0) is 17.9. The SMILES string of the molecule is COc1ccccc1NC(=O)[C@H](C)Sc1nnc(C(C)(C)C)n1N. The minimum Gasteiger partial charge on any atom is -0.495 e. The third-order valence-electron chi connectivity index (χ3n) is 3.35. The highest BCUT2D eigenvalue weighted by Crippen LogP contribution is 2.28. The molecule has 0 aliphatic rings. The van der Waals surface area contributed by atoms with Crippen molar-refractivity contribution < 1.29 is 9.53 Å². The molecular formula is C16H23N5O2S. The molecule has 0 unspecified atom stereocenters. The summed E-state index contributed by atoms with van der Waals surface area (Å²) in [5.74, 6) is 7.17. The van der Waals surface area contributed by atoms with Crippen LogP contribution in [0.15, 0.2) is 29.4 Å². The van der Waals surface area contributed by atoms with Crippen molar-refractivity contribution in [2.24, 2.45) is 0 Å². The Morgan fingerprint density at radius 3 is 2.58 bits per heavy atom. The maximum Gasteiger partial charge on any atom is 0.237 e. The van der Waals surface area contributed by atoms with Crippen molar-refractivity contribution in [3.8, 4) is 5.75 Å². The van der Waals surface area contributed by atoms with Crippen molar-refractivity contribution in [2.45, 2.75) is 43.5 Å². The zero-order valence-corrected chi connectivity index (χ0v) is 15.3. The lowest BCUT2D eigenvalue weighted by Crippen LogP contribution is -2.26. The van der Waals surface area contributed by atoms with Crippen LogP contribution < -0.4 is 15.9 Å². The van der Waals surface area contributed by atoms with Crippen LogP contribution in [0.2, 0.25) is 0 Å². The summed E-state index contributed by atoms with van der Waals surface area (Å²) in [7, 11) is 1.56. The first kappa shape index (κ1) is 18.1. The van der Waals surface area contributed by atoms with E-state index in [4.69, 9.17) is 10.6 Å². The molecule has 0 fully saturated rings. The first-order valence-electron chi connectivity index (χ1n) is 7.55. The Balaban J connectivity index is 2.08. The van der Waals surface area contributed by atoms with Crippen LogP contribution in [0, 0.1) is 0 Å². The molecule has 24 heavy (non-hydrogen) atoms. The van der Waals surface area contributed by atoms with Gasteiger partial charge in [0.15, 0.2) is 5.82 Å². The lowest BCUT2D eigenvalue weighted by molar-refractivity contribution is -0.115. The van der Waals surface area contributed by atoms with Gasteiger partial charge in [-0.3, -0.25) is 4.79 Å². The Bertz CT molecular complexity index is 723. The molecule has 7 nitrogen and oxygen atoms in total. The highest BCUT2D eigenvalue weighted by Gasteiger charge is 2.25. The van der Waals surface area contributed by atoms with Gasteiger partial charge in [-0.2, -0.15) is 0 Å². The molecule has 0 spiro atoms. The third-order valence-corrected chi connectivity index (χ3v) is 4.41. The number of hydrogen-bond donors (Lipinski definition) is 2. The Labute approximate surface area is 145 Å². The molecule has 3 N–H and O–H groups in total. The molecule has 8 heteroatoms. The molecule has 1 amide bonds. The van der Waals surface area contributed by atoms with E-state index in [9.17, 15) is 4.79 Å². The number of carbonyl (C=O) groups is 1. The number of nitrogens with one attached hydrogen (secondary N) is 1. The second-order valence-corrected chi connectivity index (χ2v) is 7.68. The van der Waals surface area contributed by atoms with Gasteiger partial charge in [0.2, 0.25) is 11.1 Å². The fourth-order valence-corrected chi connectivity index (χ4v) is 2.83. The van der Waals surface area contributed by atoms with Crippen LogP contribution in [0.4, 0.5) is 5.69 Å². The van der Waals surface area contributed by atoms with Crippen LogP contribution >= 0.6 is 11.8 Å². The number of ether oxygens (including phenoxy) is 1. The molecular weight excluding hydrogens is 326 g/mol. The van der Waals surface area contributed by atoms with Gasteiger partial charge in [-0.1, -0.05) is 44.7 Å². The molecule has 1 aromatic heterocycles.